The molecule has 88 valence electrons. The summed E-state index contributed by atoms with van der Waals surface area (Å²) in [5.74, 6) is -0.804. The standard InChI is InChI=1S/C11H16N2O3/c14-9-6-7-10(15)13(9)12-11(16)8-4-2-1-3-5-8/h8H,1-7H2,(H,12,16). The maximum Gasteiger partial charge on any atom is 0.248 e. The third-order valence-electron chi connectivity index (χ3n) is 3.25. The number of carbonyl (C=O) groups excluding carboxylic acids is 3. The summed E-state index contributed by atoms with van der Waals surface area (Å²) in [6.07, 6.45) is 5.43. The van der Waals surface area contributed by atoms with Gasteiger partial charge in [0.25, 0.3) is 0 Å². The fraction of sp³-hybridized carbons (Fsp3) is 0.727. The van der Waals surface area contributed by atoms with E-state index in [0.717, 1.165) is 30.7 Å². The summed E-state index contributed by atoms with van der Waals surface area (Å²) in [4.78, 5) is 34.4. The van der Waals surface area contributed by atoms with E-state index in [-0.39, 0.29) is 36.5 Å². The van der Waals surface area contributed by atoms with Crippen LogP contribution < -0.4 is 5.43 Å². The molecule has 0 radical (unpaired) electrons. The Morgan fingerprint density at radius 1 is 1.06 bits per heavy atom. The largest absolute Gasteiger partial charge is 0.273 e. The molecule has 16 heavy (non-hydrogen) atoms. The number of hydrogen-bond donors (Lipinski definition) is 1. The van der Waals surface area contributed by atoms with Gasteiger partial charge in [-0.3, -0.25) is 19.8 Å². The van der Waals surface area contributed by atoms with Crippen molar-refractivity contribution < 1.29 is 14.4 Å². The molecule has 0 atom stereocenters. The molecule has 0 spiro atoms. The molecular weight excluding hydrogens is 208 g/mol. The van der Waals surface area contributed by atoms with Gasteiger partial charge in [-0.1, -0.05) is 19.3 Å². The summed E-state index contributed by atoms with van der Waals surface area (Å²) in [6.45, 7) is 0. The van der Waals surface area contributed by atoms with Crippen LogP contribution in [-0.4, -0.2) is 22.7 Å². The van der Waals surface area contributed by atoms with Crippen molar-refractivity contribution in [1.29, 1.82) is 0 Å². The van der Waals surface area contributed by atoms with Crippen molar-refractivity contribution in [2.24, 2.45) is 5.92 Å². The smallest absolute Gasteiger partial charge is 0.248 e. The Kier molecular flexibility index (Phi) is 3.22. The van der Waals surface area contributed by atoms with Crippen molar-refractivity contribution in [1.82, 2.24) is 10.4 Å². The monoisotopic (exact) mass is 224 g/mol. The van der Waals surface area contributed by atoms with Gasteiger partial charge < -0.3 is 0 Å². The zero-order valence-corrected chi connectivity index (χ0v) is 9.20. The van der Waals surface area contributed by atoms with E-state index >= 15 is 0 Å². The third kappa shape index (κ3) is 2.23. The number of amides is 3. The quantitative estimate of drug-likeness (QED) is 0.704. The average Bonchev–Trinajstić information content (AvgIpc) is 2.62. The first kappa shape index (κ1) is 11.1. The predicted octanol–water partition coefficient (Wildman–Crippen LogP) is 0.747. The van der Waals surface area contributed by atoms with E-state index < -0.39 is 0 Å². The molecular formula is C11H16N2O3. The summed E-state index contributed by atoms with van der Waals surface area (Å²) >= 11 is 0. The van der Waals surface area contributed by atoms with Gasteiger partial charge in [-0.05, 0) is 12.8 Å². The van der Waals surface area contributed by atoms with E-state index in [2.05, 4.69) is 5.43 Å². The Balaban J connectivity index is 1.90. The van der Waals surface area contributed by atoms with Gasteiger partial charge in [-0.2, -0.15) is 5.01 Å². The SMILES string of the molecule is O=C(NN1C(=O)CCC1=O)C1CCCCC1. The van der Waals surface area contributed by atoms with E-state index in [9.17, 15) is 14.4 Å². The summed E-state index contributed by atoms with van der Waals surface area (Å²) in [5, 5.41) is 0.886. The first-order valence-electron chi connectivity index (χ1n) is 5.85. The van der Waals surface area contributed by atoms with Crippen LogP contribution in [0.4, 0.5) is 0 Å². The number of rotatable bonds is 2. The van der Waals surface area contributed by atoms with Gasteiger partial charge in [0.05, 0.1) is 0 Å². The number of nitrogens with one attached hydrogen (secondary N) is 1. The van der Waals surface area contributed by atoms with Crippen LogP contribution in [0, 0.1) is 5.92 Å². The topological polar surface area (TPSA) is 66.5 Å². The molecule has 5 heteroatoms. The highest BCUT2D eigenvalue weighted by molar-refractivity contribution is 6.03. The van der Waals surface area contributed by atoms with Crippen molar-refractivity contribution in [3.05, 3.63) is 0 Å². The minimum Gasteiger partial charge on any atom is -0.273 e. The van der Waals surface area contributed by atoms with E-state index in [0.29, 0.717) is 0 Å². The molecule has 0 aromatic carbocycles. The maximum atomic E-state index is 11.8. The highest BCUT2D eigenvalue weighted by atomic mass is 16.2. The molecule has 1 N–H and O–H groups in total. The Morgan fingerprint density at radius 3 is 2.19 bits per heavy atom. The lowest BCUT2D eigenvalue weighted by molar-refractivity contribution is -0.149. The summed E-state index contributed by atoms with van der Waals surface area (Å²) < 4.78 is 0. The molecule has 1 heterocycles. The first-order chi connectivity index (χ1) is 7.68. The normalized spacial score (nSPS) is 22.6. The Bertz CT molecular complexity index is 305. The van der Waals surface area contributed by atoms with Crippen LogP contribution in [0.1, 0.15) is 44.9 Å². The molecule has 2 rings (SSSR count). The van der Waals surface area contributed by atoms with Crippen LogP contribution in [0.2, 0.25) is 0 Å². The molecule has 1 saturated carbocycles. The van der Waals surface area contributed by atoms with Crippen LogP contribution in [0.5, 0.6) is 0 Å². The van der Waals surface area contributed by atoms with Gasteiger partial charge in [0.1, 0.15) is 0 Å². The molecule has 5 nitrogen and oxygen atoms in total. The predicted molar refractivity (Wildman–Crippen MR) is 55.8 cm³/mol. The van der Waals surface area contributed by atoms with Crippen molar-refractivity contribution in [3.8, 4) is 0 Å². The van der Waals surface area contributed by atoms with Crippen molar-refractivity contribution in [2.75, 3.05) is 0 Å². The first-order valence-corrected chi connectivity index (χ1v) is 5.85. The molecule has 0 bridgehead atoms. The number of nitrogens with zero attached hydrogens (tertiary/aromatic N) is 1. The van der Waals surface area contributed by atoms with Crippen LogP contribution in [0.3, 0.4) is 0 Å². The molecule has 0 aromatic heterocycles. The number of hydrogen-bond acceptors (Lipinski definition) is 3. The zero-order valence-electron chi connectivity index (χ0n) is 9.20. The molecule has 2 fully saturated rings. The van der Waals surface area contributed by atoms with Crippen molar-refractivity contribution >= 4 is 17.7 Å². The van der Waals surface area contributed by atoms with E-state index in [1.165, 1.54) is 6.42 Å². The van der Waals surface area contributed by atoms with Gasteiger partial charge in [-0.15, -0.1) is 0 Å². The summed E-state index contributed by atoms with van der Waals surface area (Å²) in [6, 6.07) is 0. The molecule has 0 aromatic rings. The Hall–Kier alpha value is -1.39. The minimum atomic E-state index is -0.297. The van der Waals surface area contributed by atoms with Crippen LogP contribution >= 0.6 is 0 Å². The van der Waals surface area contributed by atoms with Gasteiger partial charge >= 0.3 is 0 Å². The van der Waals surface area contributed by atoms with Crippen LogP contribution in [0.15, 0.2) is 0 Å². The van der Waals surface area contributed by atoms with Crippen LogP contribution in [-0.2, 0) is 14.4 Å². The number of carbonyl (C=O) groups is 3. The molecule has 1 aliphatic heterocycles. The summed E-state index contributed by atoms with van der Waals surface area (Å²) in [5.41, 5.74) is 2.44. The van der Waals surface area contributed by atoms with Gasteiger partial charge in [-0.25, -0.2) is 0 Å². The lowest BCUT2D eigenvalue weighted by Crippen LogP contribution is -2.48. The molecule has 1 saturated heterocycles. The highest BCUT2D eigenvalue weighted by Crippen LogP contribution is 2.24. The van der Waals surface area contributed by atoms with Crippen molar-refractivity contribution in [2.45, 2.75) is 44.9 Å². The lowest BCUT2D eigenvalue weighted by Gasteiger charge is -2.23. The van der Waals surface area contributed by atoms with Crippen molar-refractivity contribution in [3.63, 3.8) is 0 Å². The van der Waals surface area contributed by atoms with Gasteiger partial charge in [0, 0.05) is 18.8 Å². The van der Waals surface area contributed by atoms with Gasteiger partial charge in [0.2, 0.25) is 17.7 Å². The molecule has 0 unspecified atom stereocenters. The number of hydrazine groups is 1. The van der Waals surface area contributed by atoms with E-state index in [1.54, 1.807) is 0 Å². The molecule has 3 amide bonds. The highest BCUT2D eigenvalue weighted by Gasteiger charge is 2.32. The summed E-state index contributed by atoms with van der Waals surface area (Å²) in [7, 11) is 0. The fourth-order valence-electron chi connectivity index (χ4n) is 2.27. The second-order valence-corrected chi connectivity index (χ2v) is 4.43. The van der Waals surface area contributed by atoms with Gasteiger partial charge in [0.15, 0.2) is 0 Å². The Labute approximate surface area is 94.1 Å². The third-order valence-corrected chi connectivity index (χ3v) is 3.25. The second-order valence-electron chi connectivity index (χ2n) is 4.43. The van der Waals surface area contributed by atoms with E-state index in [1.807, 2.05) is 0 Å². The fourth-order valence-corrected chi connectivity index (χ4v) is 2.27. The van der Waals surface area contributed by atoms with Crippen LogP contribution in [0.25, 0.3) is 0 Å². The minimum absolute atomic E-state index is 0.0325. The maximum absolute atomic E-state index is 11.8. The number of imide groups is 1. The molecule has 1 aliphatic carbocycles. The average molecular weight is 224 g/mol. The Morgan fingerprint density at radius 2 is 1.62 bits per heavy atom. The molecule has 2 aliphatic rings. The van der Waals surface area contributed by atoms with E-state index in [4.69, 9.17) is 0 Å². The zero-order chi connectivity index (χ0) is 11.5. The second kappa shape index (κ2) is 4.63. The lowest BCUT2D eigenvalue weighted by atomic mass is 9.89.